The van der Waals surface area contributed by atoms with Gasteiger partial charge in [-0.25, -0.2) is 0 Å². The van der Waals surface area contributed by atoms with Crippen LogP contribution in [0, 0.1) is 0 Å². The number of hydrogen-bond donors (Lipinski definition) is 0. The average Bonchev–Trinajstić information content (AvgIpc) is 2.24. The van der Waals surface area contributed by atoms with E-state index in [1.807, 2.05) is 24.3 Å². The van der Waals surface area contributed by atoms with Gasteiger partial charge in [0.15, 0.2) is 0 Å². The lowest BCUT2D eigenvalue weighted by Crippen LogP contribution is -1.92. The zero-order valence-corrected chi connectivity index (χ0v) is 8.90. The van der Waals surface area contributed by atoms with Crippen LogP contribution in [0.3, 0.4) is 0 Å². The van der Waals surface area contributed by atoms with Gasteiger partial charge in [-0.05, 0) is 24.1 Å². The lowest BCUT2D eigenvalue weighted by molar-refractivity contribution is -0.135. The van der Waals surface area contributed by atoms with Crippen molar-refractivity contribution in [1.82, 2.24) is 0 Å². The molecule has 0 aliphatic heterocycles. The molecule has 80 valence electrons. The first-order valence-electron chi connectivity index (χ1n) is 4.68. The topological polar surface area (TPSA) is 35.5 Å². The van der Waals surface area contributed by atoms with Gasteiger partial charge in [0.25, 0.3) is 0 Å². The van der Waals surface area contributed by atoms with E-state index < -0.39 is 0 Å². The van der Waals surface area contributed by atoms with Crippen LogP contribution in [0.1, 0.15) is 12.5 Å². The Morgan fingerprint density at radius 3 is 2.80 bits per heavy atom. The van der Waals surface area contributed by atoms with E-state index in [4.69, 9.17) is 4.74 Å². The van der Waals surface area contributed by atoms with Crippen LogP contribution in [0.4, 0.5) is 0 Å². The van der Waals surface area contributed by atoms with Crippen LogP contribution in [-0.4, -0.2) is 13.1 Å². The molecule has 0 unspecified atom stereocenters. The van der Waals surface area contributed by atoms with Crippen LogP contribution in [0.5, 0.6) is 5.75 Å². The van der Waals surface area contributed by atoms with Crippen LogP contribution < -0.4 is 4.74 Å². The molecule has 0 radical (unpaired) electrons. The standard InChI is InChI=1S/C12H14O3/c1-10(13)15-9-5-7-11-6-3-4-8-12(11)14-2/h3-6,8-9H,7H2,1-2H3. The highest BCUT2D eigenvalue weighted by molar-refractivity contribution is 5.66. The van der Waals surface area contributed by atoms with Crippen LogP contribution >= 0.6 is 0 Å². The molecule has 0 bridgehead atoms. The van der Waals surface area contributed by atoms with Crippen molar-refractivity contribution in [3.8, 4) is 5.75 Å². The third-order valence-corrected chi connectivity index (χ3v) is 1.86. The smallest absolute Gasteiger partial charge is 0.307 e. The van der Waals surface area contributed by atoms with E-state index in [9.17, 15) is 4.79 Å². The minimum Gasteiger partial charge on any atom is -0.496 e. The van der Waals surface area contributed by atoms with Crippen LogP contribution in [0.2, 0.25) is 0 Å². The van der Waals surface area contributed by atoms with Crippen molar-refractivity contribution in [3.63, 3.8) is 0 Å². The quantitative estimate of drug-likeness (QED) is 0.560. The van der Waals surface area contributed by atoms with Crippen LogP contribution in [-0.2, 0) is 16.0 Å². The van der Waals surface area contributed by atoms with Gasteiger partial charge in [0.2, 0.25) is 0 Å². The molecule has 0 aliphatic rings. The van der Waals surface area contributed by atoms with Crippen molar-refractivity contribution in [2.24, 2.45) is 0 Å². The zero-order chi connectivity index (χ0) is 11.1. The molecule has 0 aromatic heterocycles. The second-order valence-corrected chi connectivity index (χ2v) is 3.00. The minimum atomic E-state index is -0.314. The summed E-state index contributed by atoms with van der Waals surface area (Å²) in [4.78, 5) is 10.5. The summed E-state index contributed by atoms with van der Waals surface area (Å²) in [6.45, 7) is 1.37. The highest BCUT2D eigenvalue weighted by Gasteiger charge is 1.98. The first kappa shape index (κ1) is 11.3. The number of esters is 1. The zero-order valence-electron chi connectivity index (χ0n) is 8.90. The second kappa shape index (κ2) is 5.86. The summed E-state index contributed by atoms with van der Waals surface area (Å²) < 4.78 is 9.86. The van der Waals surface area contributed by atoms with E-state index in [2.05, 4.69) is 4.74 Å². The minimum absolute atomic E-state index is 0.314. The molecule has 1 aromatic rings. The van der Waals surface area contributed by atoms with E-state index in [1.54, 1.807) is 13.2 Å². The van der Waals surface area contributed by atoms with E-state index in [0.717, 1.165) is 11.3 Å². The summed E-state index contributed by atoms with van der Waals surface area (Å²) in [7, 11) is 1.63. The fourth-order valence-electron chi connectivity index (χ4n) is 1.19. The number of allylic oxidation sites excluding steroid dienone is 1. The summed E-state index contributed by atoms with van der Waals surface area (Å²) >= 11 is 0. The molecule has 0 aliphatic carbocycles. The predicted molar refractivity (Wildman–Crippen MR) is 57.6 cm³/mol. The number of ether oxygens (including phenoxy) is 2. The maximum absolute atomic E-state index is 10.5. The Kier molecular flexibility index (Phi) is 4.41. The number of methoxy groups -OCH3 is 1. The van der Waals surface area contributed by atoms with Crippen molar-refractivity contribution in [1.29, 1.82) is 0 Å². The SMILES string of the molecule is COc1ccccc1CC=COC(C)=O. The molecular formula is C12H14O3. The van der Waals surface area contributed by atoms with Crippen molar-refractivity contribution in [2.75, 3.05) is 7.11 Å². The summed E-state index contributed by atoms with van der Waals surface area (Å²) in [5.41, 5.74) is 1.06. The molecule has 0 fully saturated rings. The van der Waals surface area contributed by atoms with Crippen LogP contribution in [0.25, 0.3) is 0 Å². The van der Waals surface area contributed by atoms with E-state index >= 15 is 0 Å². The fraction of sp³-hybridized carbons (Fsp3) is 0.250. The molecule has 0 atom stereocenters. The molecule has 15 heavy (non-hydrogen) atoms. The molecule has 0 saturated carbocycles. The molecule has 0 amide bonds. The van der Waals surface area contributed by atoms with Crippen molar-refractivity contribution in [3.05, 3.63) is 42.2 Å². The Balaban J connectivity index is 2.56. The summed E-state index contributed by atoms with van der Waals surface area (Å²) in [5.74, 6) is 0.524. The molecule has 3 nitrogen and oxygen atoms in total. The Morgan fingerprint density at radius 1 is 1.40 bits per heavy atom. The van der Waals surface area contributed by atoms with Gasteiger partial charge in [-0.1, -0.05) is 18.2 Å². The van der Waals surface area contributed by atoms with Crippen LogP contribution in [0.15, 0.2) is 36.6 Å². The number of para-hydroxylation sites is 1. The Hall–Kier alpha value is -1.77. The summed E-state index contributed by atoms with van der Waals surface area (Å²) in [6.07, 6.45) is 3.85. The second-order valence-electron chi connectivity index (χ2n) is 3.00. The van der Waals surface area contributed by atoms with Gasteiger partial charge in [0.05, 0.1) is 13.4 Å². The number of hydrogen-bond acceptors (Lipinski definition) is 3. The first-order valence-corrected chi connectivity index (χ1v) is 4.68. The third kappa shape index (κ3) is 3.85. The van der Waals surface area contributed by atoms with Gasteiger partial charge in [0, 0.05) is 6.92 Å². The lowest BCUT2D eigenvalue weighted by atomic mass is 10.1. The molecular weight excluding hydrogens is 192 g/mol. The molecule has 1 aromatic carbocycles. The molecule has 3 heteroatoms. The Bertz CT molecular complexity index is 356. The van der Waals surface area contributed by atoms with Gasteiger partial charge in [-0.2, -0.15) is 0 Å². The van der Waals surface area contributed by atoms with Crippen molar-refractivity contribution >= 4 is 5.97 Å². The van der Waals surface area contributed by atoms with E-state index in [0.29, 0.717) is 6.42 Å². The van der Waals surface area contributed by atoms with Gasteiger partial charge >= 0.3 is 5.97 Å². The predicted octanol–water partition coefficient (Wildman–Crippen LogP) is 2.31. The maximum Gasteiger partial charge on any atom is 0.307 e. The van der Waals surface area contributed by atoms with E-state index in [-0.39, 0.29) is 5.97 Å². The van der Waals surface area contributed by atoms with Gasteiger partial charge in [0.1, 0.15) is 5.75 Å². The first-order chi connectivity index (χ1) is 7.24. The van der Waals surface area contributed by atoms with Crippen molar-refractivity contribution < 1.29 is 14.3 Å². The maximum atomic E-state index is 10.5. The van der Waals surface area contributed by atoms with Gasteiger partial charge in [-0.15, -0.1) is 0 Å². The number of rotatable bonds is 4. The molecule has 0 saturated heterocycles. The Morgan fingerprint density at radius 2 is 2.13 bits per heavy atom. The highest BCUT2D eigenvalue weighted by atomic mass is 16.5. The van der Waals surface area contributed by atoms with E-state index in [1.165, 1.54) is 13.2 Å². The monoisotopic (exact) mass is 206 g/mol. The lowest BCUT2D eigenvalue weighted by Gasteiger charge is -2.04. The highest BCUT2D eigenvalue weighted by Crippen LogP contribution is 2.17. The number of carbonyl (C=O) groups is 1. The summed E-state index contributed by atoms with van der Waals surface area (Å²) in [6, 6.07) is 7.72. The largest absolute Gasteiger partial charge is 0.496 e. The number of carbonyl (C=O) groups excluding carboxylic acids is 1. The van der Waals surface area contributed by atoms with Gasteiger partial charge in [-0.3, -0.25) is 4.79 Å². The Labute approximate surface area is 89.3 Å². The molecule has 0 N–H and O–H groups in total. The third-order valence-electron chi connectivity index (χ3n) is 1.86. The fourth-order valence-corrected chi connectivity index (χ4v) is 1.19. The average molecular weight is 206 g/mol. The molecule has 1 rings (SSSR count). The van der Waals surface area contributed by atoms with Gasteiger partial charge < -0.3 is 9.47 Å². The molecule has 0 spiro atoms. The van der Waals surface area contributed by atoms with Crippen molar-refractivity contribution in [2.45, 2.75) is 13.3 Å². The number of benzene rings is 1. The molecule has 0 heterocycles. The normalized spacial score (nSPS) is 10.3. The summed E-state index contributed by atoms with van der Waals surface area (Å²) in [5, 5.41) is 0.